The average molecular weight is 345 g/mol. The van der Waals surface area contributed by atoms with E-state index in [0.717, 1.165) is 17.7 Å². The van der Waals surface area contributed by atoms with Crippen LogP contribution in [0.4, 0.5) is 11.4 Å². The van der Waals surface area contributed by atoms with Crippen LogP contribution in [0.1, 0.15) is 22.8 Å². The Balaban J connectivity index is 1.72. The number of benzene rings is 2. The highest BCUT2D eigenvalue weighted by Crippen LogP contribution is 2.28. The van der Waals surface area contributed by atoms with Crippen molar-refractivity contribution < 1.29 is 14.3 Å². The van der Waals surface area contributed by atoms with Gasteiger partial charge in [-0.25, -0.2) is 4.79 Å². The first-order chi connectivity index (χ1) is 11.5. The lowest BCUT2D eigenvalue weighted by atomic mass is 10.2. The SMILES string of the molecule is C[C@H](OC(=O)c1ccc(Cl)cc1N)C(=O)N1CCc2ccccc21. The van der Waals surface area contributed by atoms with Crippen LogP contribution >= 0.6 is 11.6 Å². The maximum absolute atomic E-state index is 12.6. The van der Waals surface area contributed by atoms with Crippen molar-refractivity contribution >= 4 is 34.9 Å². The van der Waals surface area contributed by atoms with Crippen LogP contribution in [0.2, 0.25) is 5.02 Å². The van der Waals surface area contributed by atoms with E-state index in [1.807, 2.05) is 24.3 Å². The van der Waals surface area contributed by atoms with Gasteiger partial charge in [-0.2, -0.15) is 0 Å². The van der Waals surface area contributed by atoms with Gasteiger partial charge in [-0.3, -0.25) is 4.79 Å². The Hall–Kier alpha value is -2.53. The molecule has 124 valence electrons. The molecule has 24 heavy (non-hydrogen) atoms. The number of anilines is 2. The number of esters is 1. The molecule has 0 unspecified atom stereocenters. The standard InChI is InChI=1S/C18H17ClN2O3/c1-11(24-18(23)14-7-6-13(19)10-15(14)20)17(22)21-9-8-12-4-2-3-5-16(12)21/h2-7,10-11H,8-9,20H2,1H3/t11-/m0/s1. The summed E-state index contributed by atoms with van der Waals surface area (Å²) in [7, 11) is 0. The summed E-state index contributed by atoms with van der Waals surface area (Å²) >= 11 is 5.82. The van der Waals surface area contributed by atoms with Crippen molar-refractivity contribution in [3.63, 3.8) is 0 Å². The summed E-state index contributed by atoms with van der Waals surface area (Å²) in [6.07, 6.45) is -0.106. The molecule has 1 atom stereocenters. The van der Waals surface area contributed by atoms with Crippen LogP contribution in [0.5, 0.6) is 0 Å². The molecule has 0 radical (unpaired) electrons. The van der Waals surface area contributed by atoms with E-state index in [9.17, 15) is 9.59 Å². The third-order valence-corrected chi connectivity index (χ3v) is 4.25. The molecule has 1 aliphatic heterocycles. The number of carbonyl (C=O) groups is 2. The quantitative estimate of drug-likeness (QED) is 0.686. The van der Waals surface area contributed by atoms with E-state index in [1.54, 1.807) is 17.9 Å². The van der Waals surface area contributed by atoms with Crippen LogP contribution in [0.25, 0.3) is 0 Å². The van der Waals surface area contributed by atoms with Gasteiger partial charge in [0.1, 0.15) is 0 Å². The molecule has 0 aliphatic carbocycles. The van der Waals surface area contributed by atoms with E-state index < -0.39 is 12.1 Å². The maximum atomic E-state index is 12.6. The summed E-state index contributed by atoms with van der Waals surface area (Å²) in [4.78, 5) is 26.5. The van der Waals surface area contributed by atoms with Gasteiger partial charge in [0, 0.05) is 22.9 Å². The first-order valence-electron chi connectivity index (χ1n) is 7.62. The molecule has 0 fully saturated rings. The van der Waals surface area contributed by atoms with E-state index in [2.05, 4.69) is 0 Å². The normalized spacial score (nSPS) is 14.2. The second kappa shape index (κ2) is 6.53. The van der Waals surface area contributed by atoms with Crippen molar-refractivity contribution in [2.24, 2.45) is 0 Å². The number of hydrogen-bond donors (Lipinski definition) is 1. The Morgan fingerprint density at radius 2 is 2.00 bits per heavy atom. The molecule has 0 bridgehead atoms. The third-order valence-electron chi connectivity index (χ3n) is 4.02. The number of amides is 1. The van der Waals surface area contributed by atoms with Crippen LogP contribution in [0.15, 0.2) is 42.5 Å². The second-order valence-electron chi connectivity index (χ2n) is 5.65. The number of carbonyl (C=O) groups excluding carboxylic acids is 2. The van der Waals surface area contributed by atoms with Crippen LogP contribution in [-0.4, -0.2) is 24.5 Å². The summed E-state index contributed by atoms with van der Waals surface area (Å²) < 4.78 is 5.29. The number of nitrogens with two attached hydrogens (primary N) is 1. The number of para-hydroxylation sites is 1. The van der Waals surface area contributed by atoms with Crippen molar-refractivity contribution in [2.75, 3.05) is 17.2 Å². The molecule has 0 saturated heterocycles. The monoisotopic (exact) mass is 344 g/mol. The number of hydrogen-bond acceptors (Lipinski definition) is 4. The van der Waals surface area contributed by atoms with Crippen molar-refractivity contribution in [1.29, 1.82) is 0 Å². The zero-order chi connectivity index (χ0) is 17.3. The van der Waals surface area contributed by atoms with Crippen molar-refractivity contribution in [3.05, 3.63) is 58.6 Å². The molecule has 2 aromatic rings. The Morgan fingerprint density at radius 1 is 1.25 bits per heavy atom. The minimum Gasteiger partial charge on any atom is -0.449 e. The zero-order valence-corrected chi connectivity index (χ0v) is 13.9. The van der Waals surface area contributed by atoms with E-state index in [4.69, 9.17) is 22.1 Å². The molecule has 6 heteroatoms. The first-order valence-corrected chi connectivity index (χ1v) is 8.00. The predicted octanol–water partition coefficient (Wildman–Crippen LogP) is 3.06. The molecule has 0 spiro atoms. The molecule has 0 aromatic heterocycles. The maximum Gasteiger partial charge on any atom is 0.341 e. The van der Waals surface area contributed by atoms with Gasteiger partial charge >= 0.3 is 5.97 Å². The van der Waals surface area contributed by atoms with Gasteiger partial charge in [-0.15, -0.1) is 0 Å². The predicted molar refractivity (Wildman–Crippen MR) is 93.2 cm³/mol. The number of nitrogen functional groups attached to an aromatic ring is 1. The highest BCUT2D eigenvalue weighted by atomic mass is 35.5. The smallest absolute Gasteiger partial charge is 0.341 e. The Kier molecular flexibility index (Phi) is 4.44. The lowest BCUT2D eigenvalue weighted by Gasteiger charge is -2.22. The summed E-state index contributed by atoms with van der Waals surface area (Å²) in [5.41, 5.74) is 8.18. The summed E-state index contributed by atoms with van der Waals surface area (Å²) in [6.45, 7) is 2.15. The molecule has 0 saturated carbocycles. The van der Waals surface area contributed by atoms with E-state index in [-0.39, 0.29) is 17.2 Å². The van der Waals surface area contributed by atoms with E-state index >= 15 is 0 Å². The van der Waals surface area contributed by atoms with Gasteiger partial charge in [-0.1, -0.05) is 29.8 Å². The molecule has 2 N–H and O–H groups in total. The number of rotatable bonds is 3. The summed E-state index contributed by atoms with van der Waals surface area (Å²) in [5, 5.41) is 0.432. The fraction of sp³-hybridized carbons (Fsp3) is 0.222. The van der Waals surface area contributed by atoms with Gasteiger partial charge in [0.2, 0.25) is 0 Å². The number of fused-ring (bicyclic) bond motifs is 1. The van der Waals surface area contributed by atoms with Crippen molar-refractivity contribution in [1.82, 2.24) is 0 Å². The molecule has 2 aromatic carbocycles. The molecular weight excluding hydrogens is 328 g/mol. The highest BCUT2D eigenvalue weighted by molar-refractivity contribution is 6.31. The Labute approximate surface area is 145 Å². The minimum absolute atomic E-state index is 0.195. The van der Waals surface area contributed by atoms with E-state index in [0.29, 0.717) is 11.6 Å². The lowest BCUT2D eigenvalue weighted by Crippen LogP contribution is -2.39. The third kappa shape index (κ3) is 3.08. The van der Waals surface area contributed by atoms with Gasteiger partial charge in [-0.05, 0) is 43.2 Å². The Bertz CT molecular complexity index is 807. The van der Waals surface area contributed by atoms with Crippen molar-refractivity contribution in [2.45, 2.75) is 19.4 Å². The molecule has 1 heterocycles. The fourth-order valence-electron chi connectivity index (χ4n) is 2.78. The largest absolute Gasteiger partial charge is 0.449 e. The molecule has 1 amide bonds. The second-order valence-corrected chi connectivity index (χ2v) is 6.08. The number of halogens is 1. The fourth-order valence-corrected chi connectivity index (χ4v) is 2.96. The van der Waals surface area contributed by atoms with E-state index in [1.165, 1.54) is 12.1 Å². The topological polar surface area (TPSA) is 72.6 Å². The molecule has 5 nitrogen and oxygen atoms in total. The highest BCUT2D eigenvalue weighted by Gasteiger charge is 2.30. The molecular formula is C18H17ClN2O3. The first kappa shape index (κ1) is 16.3. The van der Waals surface area contributed by atoms with Gasteiger partial charge in [0.05, 0.1) is 5.56 Å². The molecule has 1 aliphatic rings. The van der Waals surface area contributed by atoms with Gasteiger partial charge < -0.3 is 15.4 Å². The number of nitrogens with zero attached hydrogens (tertiary/aromatic N) is 1. The minimum atomic E-state index is -0.904. The Morgan fingerprint density at radius 3 is 2.75 bits per heavy atom. The van der Waals surface area contributed by atoms with Gasteiger partial charge in [0.25, 0.3) is 5.91 Å². The van der Waals surface area contributed by atoms with Crippen LogP contribution in [0, 0.1) is 0 Å². The average Bonchev–Trinajstić information content (AvgIpc) is 2.97. The molecule has 3 rings (SSSR count). The van der Waals surface area contributed by atoms with Crippen LogP contribution < -0.4 is 10.6 Å². The van der Waals surface area contributed by atoms with Gasteiger partial charge in [0.15, 0.2) is 6.10 Å². The zero-order valence-electron chi connectivity index (χ0n) is 13.2. The summed E-state index contributed by atoms with van der Waals surface area (Å²) in [6, 6.07) is 12.2. The van der Waals surface area contributed by atoms with Crippen LogP contribution in [-0.2, 0) is 16.0 Å². The summed E-state index contributed by atoms with van der Waals surface area (Å²) in [5.74, 6) is -0.890. The number of ether oxygens (including phenoxy) is 1. The van der Waals surface area contributed by atoms with Crippen molar-refractivity contribution in [3.8, 4) is 0 Å². The lowest BCUT2D eigenvalue weighted by molar-refractivity contribution is -0.126. The van der Waals surface area contributed by atoms with Crippen LogP contribution in [0.3, 0.4) is 0 Å².